The smallest absolute Gasteiger partial charge is 0.152 e. The summed E-state index contributed by atoms with van der Waals surface area (Å²) < 4.78 is 1.46. The van der Waals surface area contributed by atoms with Gasteiger partial charge in [-0.05, 0) is 94.9 Å². The summed E-state index contributed by atoms with van der Waals surface area (Å²) >= 11 is 6.77. The average Bonchev–Trinajstić information content (AvgIpc) is 2.91. The first-order valence-electron chi connectivity index (χ1n) is 12.6. The standard InChI is InChI=1S/C16H17BrN2O.C15H17BrN2/c1-12(2)19(10-13-6-4-3-5-7-13)15-9-8-14(11-20)16(17)18-15;1-12(2)18(11-13-7-4-3-5-8-13)15-10-6-9-14(16)17-15/h3-9,11-12H,10H2,1-2H3;3-10,12H,11H2,1-2H3. The minimum absolute atomic E-state index is 0.316. The summed E-state index contributed by atoms with van der Waals surface area (Å²) in [5, 5.41) is 0. The van der Waals surface area contributed by atoms with Crippen molar-refractivity contribution in [3.05, 3.63) is 117 Å². The quantitative estimate of drug-likeness (QED) is 0.136. The Hall–Kier alpha value is -3.03. The number of halogens is 2. The first-order valence-corrected chi connectivity index (χ1v) is 14.2. The Balaban J connectivity index is 0.000000212. The number of carbonyl (C=O) groups excluding carboxylic acids is 1. The van der Waals surface area contributed by atoms with Crippen LogP contribution in [0.2, 0.25) is 0 Å². The Morgan fingerprint density at radius 1 is 0.658 bits per heavy atom. The van der Waals surface area contributed by atoms with Gasteiger partial charge in [0.05, 0.1) is 0 Å². The number of aromatic nitrogens is 2. The van der Waals surface area contributed by atoms with Gasteiger partial charge >= 0.3 is 0 Å². The van der Waals surface area contributed by atoms with Crippen molar-refractivity contribution in [1.82, 2.24) is 9.97 Å². The zero-order valence-electron chi connectivity index (χ0n) is 22.3. The van der Waals surface area contributed by atoms with E-state index < -0.39 is 0 Å². The molecular formula is C31H34Br2N4O. The molecule has 5 nitrogen and oxygen atoms in total. The maximum Gasteiger partial charge on any atom is 0.152 e. The Bertz CT molecular complexity index is 1280. The Kier molecular flexibility index (Phi) is 11.5. The van der Waals surface area contributed by atoms with Crippen molar-refractivity contribution in [3.8, 4) is 0 Å². The molecule has 0 atom stereocenters. The van der Waals surface area contributed by atoms with Gasteiger partial charge in [0.25, 0.3) is 0 Å². The molecule has 2 heterocycles. The van der Waals surface area contributed by atoms with Gasteiger partial charge in [0.2, 0.25) is 0 Å². The molecule has 0 unspecified atom stereocenters. The highest BCUT2D eigenvalue weighted by molar-refractivity contribution is 9.10. The molecule has 4 aromatic rings. The van der Waals surface area contributed by atoms with Gasteiger partial charge in [0, 0.05) is 30.7 Å². The number of pyridine rings is 2. The zero-order chi connectivity index (χ0) is 27.5. The van der Waals surface area contributed by atoms with Crippen LogP contribution in [0.15, 0.2) is 100 Å². The molecule has 2 aromatic heterocycles. The lowest BCUT2D eigenvalue weighted by Gasteiger charge is -2.28. The van der Waals surface area contributed by atoms with Crippen molar-refractivity contribution in [1.29, 1.82) is 0 Å². The first-order chi connectivity index (χ1) is 18.3. The van der Waals surface area contributed by atoms with E-state index in [1.807, 2.05) is 48.5 Å². The van der Waals surface area contributed by atoms with Gasteiger partial charge in [-0.2, -0.15) is 0 Å². The summed E-state index contributed by atoms with van der Waals surface area (Å²) in [6.45, 7) is 10.3. The number of hydrogen-bond acceptors (Lipinski definition) is 5. The monoisotopic (exact) mass is 636 g/mol. The normalized spacial score (nSPS) is 10.6. The minimum Gasteiger partial charge on any atom is -0.350 e. The van der Waals surface area contributed by atoms with Crippen LogP contribution in [0.3, 0.4) is 0 Å². The van der Waals surface area contributed by atoms with Crippen molar-refractivity contribution in [2.24, 2.45) is 0 Å². The second-order valence-electron chi connectivity index (χ2n) is 9.40. The fraction of sp³-hybridized carbons (Fsp3) is 0.258. The van der Waals surface area contributed by atoms with E-state index in [9.17, 15) is 4.79 Å². The molecule has 38 heavy (non-hydrogen) atoms. The number of aldehydes is 1. The van der Waals surface area contributed by atoms with Crippen LogP contribution in [-0.4, -0.2) is 28.3 Å². The van der Waals surface area contributed by atoms with Crippen molar-refractivity contribution in [2.75, 3.05) is 9.80 Å². The van der Waals surface area contributed by atoms with Crippen LogP contribution in [-0.2, 0) is 13.1 Å². The van der Waals surface area contributed by atoms with Gasteiger partial charge in [-0.25, -0.2) is 9.97 Å². The van der Waals surface area contributed by atoms with E-state index in [1.54, 1.807) is 6.07 Å². The molecule has 0 aliphatic heterocycles. The van der Waals surface area contributed by atoms with Crippen LogP contribution < -0.4 is 9.80 Å². The van der Waals surface area contributed by atoms with Crippen molar-refractivity contribution < 1.29 is 4.79 Å². The lowest BCUT2D eigenvalue weighted by Crippen LogP contribution is -2.31. The van der Waals surface area contributed by atoms with E-state index >= 15 is 0 Å². The second kappa shape index (κ2) is 14.8. The van der Waals surface area contributed by atoms with E-state index in [2.05, 4.69) is 116 Å². The molecule has 0 spiro atoms. The first kappa shape index (κ1) is 29.5. The van der Waals surface area contributed by atoms with Crippen LogP contribution in [0.25, 0.3) is 0 Å². The molecule has 0 amide bonds. The van der Waals surface area contributed by atoms with Crippen molar-refractivity contribution in [3.63, 3.8) is 0 Å². The predicted octanol–water partition coefficient (Wildman–Crippen LogP) is 8.33. The fourth-order valence-electron chi connectivity index (χ4n) is 3.86. The van der Waals surface area contributed by atoms with Gasteiger partial charge in [0.1, 0.15) is 20.8 Å². The Morgan fingerprint density at radius 3 is 1.58 bits per heavy atom. The number of anilines is 2. The van der Waals surface area contributed by atoms with Crippen LogP contribution >= 0.6 is 31.9 Å². The molecule has 0 aliphatic carbocycles. The third kappa shape index (κ3) is 8.77. The Morgan fingerprint density at radius 2 is 1.16 bits per heavy atom. The van der Waals surface area contributed by atoms with Gasteiger partial charge in [0.15, 0.2) is 6.29 Å². The lowest BCUT2D eigenvalue weighted by atomic mass is 10.2. The van der Waals surface area contributed by atoms with Crippen molar-refractivity contribution >= 4 is 49.8 Å². The van der Waals surface area contributed by atoms with E-state index in [4.69, 9.17) is 0 Å². The molecule has 0 radical (unpaired) electrons. The molecule has 0 aliphatic rings. The number of carbonyl (C=O) groups is 1. The molecule has 198 valence electrons. The van der Waals surface area contributed by atoms with Gasteiger partial charge in [-0.1, -0.05) is 66.7 Å². The fourth-order valence-corrected chi connectivity index (χ4v) is 4.60. The molecule has 0 fully saturated rings. The summed E-state index contributed by atoms with van der Waals surface area (Å²) in [7, 11) is 0. The highest BCUT2D eigenvalue weighted by Gasteiger charge is 2.14. The number of hydrogen-bond donors (Lipinski definition) is 0. The maximum atomic E-state index is 10.8. The van der Waals surface area contributed by atoms with Crippen LogP contribution in [0.4, 0.5) is 11.6 Å². The third-order valence-corrected chi connectivity index (χ3v) is 6.99. The predicted molar refractivity (Wildman–Crippen MR) is 165 cm³/mol. The van der Waals surface area contributed by atoms with Gasteiger partial charge < -0.3 is 9.80 Å². The van der Waals surface area contributed by atoms with Gasteiger partial charge in [-0.3, -0.25) is 4.79 Å². The molecule has 0 bridgehead atoms. The number of benzene rings is 2. The van der Waals surface area contributed by atoms with E-state index in [0.717, 1.165) is 35.6 Å². The van der Waals surface area contributed by atoms with E-state index in [-0.39, 0.29) is 0 Å². The summed E-state index contributed by atoms with van der Waals surface area (Å²) in [6, 6.07) is 31.2. The molecule has 7 heteroatoms. The second-order valence-corrected chi connectivity index (χ2v) is 11.0. The summed E-state index contributed by atoms with van der Waals surface area (Å²) in [5.74, 6) is 1.87. The number of rotatable bonds is 9. The SMILES string of the molecule is CC(C)N(Cc1ccccc1)c1ccc(C=O)c(Br)n1.CC(C)N(Cc1ccccc1)c1cccc(Br)n1. The highest BCUT2D eigenvalue weighted by atomic mass is 79.9. The minimum atomic E-state index is 0.316. The number of nitrogens with zero attached hydrogens (tertiary/aromatic N) is 4. The van der Waals surface area contributed by atoms with Crippen LogP contribution in [0.1, 0.15) is 49.2 Å². The molecule has 0 saturated carbocycles. The van der Waals surface area contributed by atoms with Crippen LogP contribution in [0, 0.1) is 0 Å². The molecule has 0 saturated heterocycles. The highest BCUT2D eigenvalue weighted by Crippen LogP contribution is 2.23. The lowest BCUT2D eigenvalue weighted by molar-refractivity contribution is 0.112. The summed E-state index contributed by atoms with van der Waals surface area (Å²) in [6.07, 6.45) is 0.803. The van der Waals surface area contributed by atoms with Crippen molar-refractivity contribution in [2.45, 2.75) is 52.9 Å². The maximum absolute atomic E-state index is 10.8. The largest absolute Gasteiger partial charge is 0.350 e. The molecule has 4 rings (SSSR count). The molecule has 0 N–H and O–H groups in total. The third-order valence-electron chi connectivity index (χ3n) is 5.92. The van der Waals surface area contributed by atoms with Crippen LogP contribution in [0.5, 0.6) is 0 Å². The zero-order valence-corrected chi connectivity index (χ0v) is 25.4. The molecular weight excluding hydrogens is 604 g/mol. The van der Waals surface area contributed by atoms with E-state index in [0.29, 0.717) is 22.3 Å². The van der Waals surface area contributed by atoms with E-state index in [1.165, 1.54) is 11.1 Å². The molecule has 2 aromatic carbocycles. The van der Waals surface area contributed by atoms with Gasteiger partial charge in [-0.15, -0.1) is 0 Å². The average molecular weight is 638 g/mol. The summed E-state index contributed by atoms with van der Waals surface area (Å²) in [5.41, 5.74) is 3.10. The Labute approximate surface area is 243 Å². The summed E-state index contributed by atoms with van der Waals surface area (Å²) in [4.78, 5) is 24.4. The topological polar surface area (TPSA) is 49.3 Å².